The van der Waals surface area contributed by atoms with Crippen LogP contribution in [0.5, 0.6) is 0 Å². The molecule has 2 amide bonds. The van der Waals surface area contributed by atoms with Crippen molar-refractivity contribution in [3.63, 3.8) is 0 Å². The van der Waals surface area contributed by atoms with E-state index in [-0.39, 0.29) is 12.1 Å². The molecule has 4 rings (SSSR count). The minimum absolute atomic E-state index is 0.0527. The molecule has 0 spiro atoms. The highest BCUT2D eigenvalue weighted by Gasteiger charge is 2.42. The van der Waals surface area contributed by atoms with Gasteiger partial charge in [0.15, 0.2) is 0 Å². The number of amides is 2. The third kappa shape index (κ3) is 3.60. The summed E-state index contributed by atoms with van der Waals surface area (Å²) in [6.07, 6.45) is 8.60. The lowest BCUT2D eigenvalue weighted by Gasteiger charge is -2.31. The fourth-order valence-electron chi connectivity index (χ4n) is 4.68. The first-order valence-corrected chi connectivity index (χ1v) is 9.29. The zero-order valence-corrected chi connectivity index (χ0v) is 14.7. The lowest BCUT2D eigenvalue weighted by atomic mass is 9.84. The fraction of sp³-hybridized carbons (Fsp3) is 0.550. The van der Waals surface area contributed by atoms with Crippen molar-refractivity contribution < 1.29 is 13.6 Å². The molecule has 4 atom stereocenters. The number of urea groups is 1. The van der Waals surface area contributed by atoms with E-state index in [1.54, 1.807) is 17.4 Å². The number of fused-ring (bicyclic) bond motifs is 2. The molecule has 0 saturated heterocycles. The summed E-state index contributed by atoms with van der Waals surface area (Å²) in [5, 5.41) is 3.24. The van der Waals surface area contributed by atoms with E-state index in [0.29, 0.717) is 19.0 Å². The molecule has 2 aromatic rings. The van der Waals surface area contributed by atoms with Gasteiger partial charge in [-0.25, -0.2) is 4.79 Å². The average molecular weight is 342 g/mol. The van der Waals surface area contributed by atoms with Crippen LogP contribution in [0.4, 0.5) is 4.79 Å². The molecule has 2 fully saturated rings. The second-order valence-corrected chi connectivity index (χ2v) is 7.59. The van der Waals surface area contributed by atoms with Gasteiger partial charge in [-0.2, -0.15) is 0 Å². The van der Waals surface area contributed by atoms with Gasteiger partial charge in [-0.3, -0.25) is 0 Å². The van der Waals surface area contributed by atoms with Crippen molar-refractivity contribution in [2.24, 2.45) is 17.8 Å². The molecule has 2 heterocycles. The normalized spacial score (nSPS) is 25.9. The molecule has 4 unspecified atom stereocenters. The van der Waals surface area contributed by atoms with Crippen LogP contribution in [-0.2, 0) is 13.1 Å². The summed E-state index contributed by atoms with van der Waals surface area (Å²) in [5.74, 6) is 3.85. The maximum Gasteiger partial charge on any atom is 0.318 e. The van der Waals surface area contributed by atoms with Crippen molar-refractivity contribution in [3.8, 4) is 0 Å². The fourth-order valence-corrected chi connectivity index (χ4v) is 4.68. The van der Waals surface area contributed by atoms with Crippen molar-refractivity contribution in [1.29, 1.82) is 0 Å². The van der Waals surface area contributed by atoms with E-state index in [4.69, 9.17) is 8.83 Å². The summed E-state index contributed by atoms with van der Waals surface area (Å²) in [6.45, 7) is 3.02. The molecule has 2 aromatic heterocycles. The lowest BCUT2D eigenvalue weighted by Crippen LogP contribution is -2.46. The maximum absolute atomic E-state index is 12.9. The van der Waals surface area contributed by atoms with Gasteiger partial charge in [-0.1, -0.05) is 6.42 Å². The second-order valence-electron chi connectivity index (χ2n) is 7.59. The number of carbonyl (C=O) groups is 1. The van der Waals surface area contributed by atoms with E-state index in [1.165, 1.54) is 25.7 Å². The molecule has 2 aliphatic rings. The maximum atomic E-state index is 12.9. The van der Waals surface area contributed by atoms with Crippen LogP contribution in [0, 0.1) is 17.8 Å². The highest BCUT2D eigenvalue weighted by Crippen LogP contribution is 2.49. The van der Waals surface area contributed by atoms with Crippen LogP contribution < -0.4 is 5.32 Å². The molecule has 2 bridgehead atoms. The largest absolute Gasteiger partial charge is 0.467 e. The molecular weight excluding hydrogens is 316 g/mol. The number of hydrogen-bond donors (Lipinski definition) is 1. The summed E-state index contributed by atoms with van der Waals surface area (Å²) in [7, 11) is 0. The molecular formula is C20H26N2O3. The van der Waals surface area contributed by atoms with E-state index in [1.807, 2.05) is 24.3 Å². The van der Waals surface area contributed by atoms with E-state index in [9.17, 15) is 4.79 Å². The molecule has 2 aliphatic carbocycles. The van der Waals surface area contributed by atoms with Crippen LogP contribution >= 0.6 is 0 Å². The van der Waals surface area contributed by atoms with Crippen LogP contribution in [0.2, 0.25) is 0 Å². The third-order valence-electron chi connectivity index (χ3n) is 5.93. The summed E-state index contributed by atoms with van der Waals surface area (Å²) in [4.78, 5) is 14.7. The van der Waals surface area contributed by atoms with E-state index in [2.05, 4.69) is 12.2 Å². The van der Waals surface area contributed by atoms with Crippen LogP contribution in [0.3, 0.4) is 0 Å². The molecule has 25 heavy (non-hydrogen) atoms. The summed E-state index contributed by atoms with van der Waals surface area (Å²) in [6, 6.07) is 7.62. The van der Waals surface area contributed by atoms with Crippen LogP contribution in [0.1, 0.15) is 44.1 Å². The monoisotopic (exact) mass is 342 g/mol. The Kier molecular flexibility index (Phi) is 4.55. The Morgan fingerprint density at radius 2 is 1.84 bits per heavy atom. The Hall–Kier alpha value is -2.17. The van der Waals surface area contributed by atoms with Gasteiger partial charge in [-0.05, 0) is 68.2 Å². The summed E-state index contributed by atoms with van der Waals surface area (Å²) < 4.78 is 10.9. The molecule has 0 radical (unpaired) electrons. The van der Waals surface area contributed by atoms with Crippen molar-refractivity contribution in [3.05, 3.63) is 48.3 Å². The number of nitrogens with zero attached hydrogens (tertiary/aromatic N) is 1. The topological polar surface area (TPSA) is 58.6 Å². The first-order chi connectivity index (χ1) is 12.2. The number of carbonyl (C=O) groups excluding carboxylic acids is 1. The summed E-state index contributed by atoms with van der Waals surface area (Å²) in [5.41, 5.74) is 0. The molecule has 1 N–H and O–H groups in total. The molecule has 0 aliphatic heterocycles. The predicted octanol–water partition coefficient (Wildman–Crippen LogP) is 4.41. The molecule has 5 heteroatoms. The smallest absolute Gasteiger partial charge is 0.318 e. The Bertz CT molecular complexity index is 644. The molecule has 5 nitrogen and oxygen atoms in total. The first-order valence-electron chi connectivity index (χ1n) is 9.29. The number of rotatable bonds is 6. The van der Waals surface area contributed by atoms with Gasteiger partial charge < -0.3 is 19.1 Å². The molecule has 134 valence electrons. The van der Waals surface area contributed by atoms with Crippen molar-refractivity contribution >= 4 is 6.03 Å². The quantitative estimate of drug-likeness (QED) is 0.846. The van der Waals surface area contributed by atoms with Gasteiger partial charge in [-0.15, -0.1) is 0 Å². The highest BCUT2D eigenvalue weighted by atomic mass is 16.3. The predicted molar refractivity (Wildman–Crippen MR) is 93.6 cm³/mol. The van der Waals surface area contributed by atoms with E-state index in [0.717, 1.165) is 23.4 Å². The zero-order valence-electron chi connectivity index (χ0n) is 14.7. The number of furan rings is 2. The van der Waals surface area contributed by atoms with Gasteiger partial charge in [0.2, 0.25) is 0 Å². The van der Waals surface area contributed by atoms with Crippen molar-refractivity contribution in [2.45, 2.75) is 51.7 Å². The molecule has 0 aromatic carbocycles. The lowest BCUT2D eigenvalue weighted by molar-refractivity contribution is 0.169. The Morgan fingerprint density at radius 1 is 1.16 bits per heavy atom. The van der Waals surface area contributed by atoms with Crippen LogP contribution in [-0.4, -0.2) is 17.0 Å². The average Bonchev–Trinajstić information content (AvgIpc) is 3.38. The van der Waals surface area contributed by atoms with Gasteiger partial charge >= 0.3 is 6.03 Å². The van der Waals surface area contributed by atoms with E-state index >= 15 is 0 Å². The zero-order chi connectivity index (χ0) is 17.2. The van der Waals surface area contributed by atoms with E-state index < -0.39 is 0 Å². The van der Waals surface area contributed by atoms with Gasteiger partial charge in [0.25, 0.3) is 0 Å². The molecule has 2 saturated carbocycles. The van der Waals surface area contributed by atoms with Gasteiger partial charge in [0, 0.05) is 6.04 Å². The van der Waals surface area contributed by atoms with Gasteiger partial charge in [0.1, 0.15) is 11.5 Å². The number of hydrogen-bond acceptors (Lipinski definition) is 3. The minimum Gasteiger partial charge on any atom is -0.467 e. The summed E-state index contributed by atoms with van der Waals surface area (Å²) >= 11 is 0. The van der Waals surface area contributed by atoms with Crippen molar-refractivity contribution in [2.75, 3.05) is 0 Å². The van der Waals surface area contributed by atoms with Crippen LogP contribution in [0.25, 0.3) is 0 Å². The third-order valence-corrected chi connectivity index (χ3v) is 5.93. The Morgan fingerprint density at radius 3 is 2.32 bits per heavy atom. The minimum atomic E-state index is -0.0527. The number of nitrogens with one attached hydrogen (secondary N) is 1. The first kappa shape index (κ1) is 16.3. The standard InChI is InChI=1S/C20H26N2O3/c1-14(19-11-15-6-7-16(19)10-15)21-20(23)22(12-17-4-2-8-24-17)13-18-5-3-9-25-18/h2-5,8-9,14-16,19H,6-7,10-13H2,1H3,(H,21,23). The SMILES string of the molecule is CC(NC(=O)N(Cc1ccco1)Cc1ccco1)C1CC2CCC1C2. The Balaban J connectivity index is 1.41. The van der Waals surface area contributed by atoms with Crippen LogP contribution in [0.15, 0.2) is 45.6 Å². The Labute approximate surface area is 148 Å². The highest BCUT2D eigenvalue weighted by molar-refractivity contribution is 5.74. The second kappa shape index (κ2) is 6.98. The van der Waals surface area contributed by atoms with Gasteiger partial charge in [0.05, 0.1) is 25.6 Å². The van der Waals surface area contributed by atoms with Crippen molar-refractivity contribution in [1.82, 2.24) is 10.2 Å².